The highest BCUT2D eigenvalue weighted by atomic mass is 16.1. The zero-order valence-electron chi connectivity index (χ0n) is 10.1. The lowest BCUT2D eigenvalue weighted by atomic mass is 9.86. The van der Waals surface area contributed by atoms with Crippen molar-refractivity contribution in [1.29, 1.82) is 0 Å². The third-order valence-corrected chi connectivity index (χ3v) is 3.93. The second kappa shape index (κ2) is 6.24. The van der Waals surface area contributed by atoms with Gasteiger partial charge in [0.05, 0.1) is 0 Å². The van der Waals surface area contributed by atoms with E-state index in [4.69, 9.17) is 0 Å². The number of carbonyl (C=O) groups is 1. The highest BCUT2D eigenvalue weighted by Gasteiger charge is 2.18. The molecule has 1 saturated heterocycles. The van der Waals surface area contributed by atoms with E-state index >= 15 is 0 Å². The molecule has 0 bridgehead atoms. The van der Waals surface area contributed by atoms with E-state index in [0.717, 1.165) is 38.3 Å². The minimum Gasteiger partial charge on any atom is -0.352 e. The van der Waals surface area contributed by atoms with E-state index in [1.54, 1.807) is 0 Å². The summed E-state index contributed by atoms with van der Waals surface area (Å²) >= 11 is 0. The predicted octanol–water partition coefficient (Wildman–Crippen LogP) is 1.82. The Hall–Kier alpha value is -0.570. The van der Waals surface area contributed by atoms with Crippen LogP contribution in [0.2, 0.25) is 0 Å². The van der Waals surface area contributed by atoms with Crippen LogP contribution in [0.5, 0.6) is 0 Å². The van der Waals surface area contributed by atoms with Crippen molar-refractivity contribution >= 4 is 5.91 Å². The fraction of sp³-hybridized carbons (Fsp3) is 0.923. The summed E-state index contributed by atoms with van der Waals surface area (Å²) < 4.78 is 0. The van der Waals surface area contributed by atoms with E-state index < -0.39 is 0 Å². The first-order valence-electron chi connectivity index (χ1n) is 6.84. The lowest BCUT2D eigenvalue weighted by Gasteiger charge is -2.21. The maximum atomic E-state index is 11.7. The Morgan fingerprint density at radius 1 is 1.19 bits per heavy atom. The standard InChI is InChI=1S/C13H24N2O/c16-13(15-12-8-9-14-10-12)7-6-11-4-2-1-3-5-11/h11-12,14H,1-10H2,(H,15,16). The fourth-order valence-electron chi connectivity index (χ4n) is 2.89. The van der Waals surface area contributed by atoms with Crippen LogP contribution >= 0.6 is 0 Å². The van der Waals surface area contributed by atoms with E-state index in [0.29, 0.717) is 6.04 Å². The summed E-state index contributed by atoms with van der Waals surface area (Å²) in [5, 5.41) is 6.39. The van der Waals surface area contributed by atoms with E-state index in [-0.39, 0.29) is 5.91 Å². The zero-order chi connectivity index (χ0) is 11.2. The molecule has 2 fully saturated rings. The molecule has 1 heterocycles. The van der Waals surface area contributed by atoms with Gasteiger partial charge in [-0.1, -0.05) is 32.1 Å². The van der Waals surface area contributed by atoms with Crippen molar-refractivity contribution in [1.82, 2.24) is 10.6 Å². The second-order valence-corrected chi connectivity index (χ2v) is 5.30. The summed E-state index contributed by atoms with van der Waals surface area (Å²) in [6.07, 6.45) is 9.77. The number of nitrogens with one attached hydrogen (secondary N) is 2. The third-order valence-electron chi connectivity index (χ3n) is 3.93. The van der Waals surface area contributed by atoms with Crippen LogP contribution in [0.4, 0.5) is 0 Å². The van der Waals surface area contributed by atoms with Crippen molar-refractivity contribution in [3.8, 4) is 0 Å². The normalized spacial score (nSPS) is 26.9. The predicted molar refractivity (Wildman–Crippen MR) is 65.2 cm³/mol. The second-order valence-electron chi connectivity index (χ2n) is 5.30. The molecule has 1 saturated carbocycles. The molecule has 2 N–H and O–H groups in total. The number of rotatable bonds is 4. The summed E-state index contributed by atoms with van der Waals surface area (Å²) in [4.78, 5) is 11.7. The average molecular weight is 224 g/mol. The Morgan fingerprint density at radius 3 is 2.69 bits per heavy atom. The topological polar surface area (TPSA) is 41.1 Å². The molecule has 0 aromatic rings. The van der Waals surface area contributed by atoms with Gasteiger partial charge in [-0.2, -0.15) is 0 Å². The Morgan fingerprint density at radius 2 is 2.00 bits per heavy atom. The van der Waals surface area contributed by atoms with E-state index in [1.165, 1.54) is 32.1 Å². The van der Waals surface area contributed by atoms with Crippen molar-refractivity contribution in [3.63, 3.8) is 0 Å². The monoisotopic (exact) mass is 224 g/mol. The molecule has 1 atom stereocenters. The van der Waals surface area contributed by atoms with Gasteiger partial charge in [0.2, 0.25) is 5.91 Å². The van der Waals surface area contributed by atoms with Crippen LogP contribution in [0.15, 0.2) is 0 Å². The van der Waals surface area contributed by atoms with Crippen LogP contribution in [0.1, 0.15) is 51.4 Å². The summed E-state index contributed by atoms with van der Waals surface area (Å²) in [5.74, 6) is 1.08. The Bertz CT molecular complexity index is 218. The molecule has 2 rings (SSSR count). The van der Waals surface area contributed by atoms with E-state index in [1.807, 2.05) is 0 Å². The molecule has 92 valence electrons. The summed E-state index contributed by atoms with van der Waals surface area (Å²) in [6.45, 7) is 2.00. The lowest BCUT2D eigenvalue weighted by Crippen LogP contribution is -2.36. The van der Waals surface area contributed by atoms with Crippen LogP contribution in [0.3, 0.4) is 0 Å². The van der Waals surface area contributed by atoms with Crippen molar-refractivity contribution in [2.45, 2.75) is 57.4 Å². The molecule has 3 nitrogen and oxygen atoms in total. The molecule has 1 aliphatic carbocycles. The van der Waals surface area contributed by atoms with Crippen LogP contribution in [0.25, 0.3) is 0 Å². The van der Waals surface area contributed by atoms with Gasteiger partial charge in [-0.3, -0.25) is 4.79 Å². The molecule has 2 aliphatic rings. The van der Waals surface area contributed by atoms with Gasteiger partial charge in [-0.25, -0.2) is 0 Å². The van der Waals surface area contributed by atoms with E-state index in [9.17, 15) is 4.79 Å². The Balaban J connectivity index is 1.59. The van der Waals surface area contributed by atoms with Crippen molar-refractivity contribution < 1.29 is 4.79 Å². The highest BCUT2D eigenvalue weighted by Crippen LogP contribution is 2.27. The van der Waals surface area contributed by atoms with Gasteiger partial charge >= 0.3 is 0 Å². The number of amides is 1. The van der Waals surface area contributed by atoms with Gasteiger partial charge in [0.15, 0.2) is 0 Å². The molecule has 0 radical (unpaired) electrons. The smallest absolute Gasteiger partial charge is 0.220 e. The summed E-state index contributed by atoms with van der Waals surface area (Å²) in [5.41, 5.74) is 0. The van der Waals surface area contributed by atoms with Gasteiger partial charge in [0.1, 0.15) is 0 Å². The first kappa shape index (κ1) is 11.9. The average Bonchev–Trinajstić information content (AvgIpc) is 2.81. The SMILES string of the molecule is O=C(CCC1CCCCC1)NC1CCNC1. The zero-order valence-corrected chi connectivity index (χ0v) is 10.1. The van der Waals surface area contributed by atoms with Gasteiger partial charge < -0.3 is 10.6 Å². The number of hydrogen-bond donors (Lipinski definition) is 2. The number of carbonyl (C=O) groups excluding carboxylic acids is 1. The van der Waals surface area contributed by atoms with Crippen LogP contribution < -0.4 is 10.6 Å². The van der Waals surface area contributed by atoms with Gasteiger partial charge in [-0.05, 0) is 25.3 Å². The highest BCUT2D eigenvalue weighted by molar-refractivity contribution is 5.76. The Labute approximate surface area is 98.4 Å². The first-order valence-corrected chi connectivity index (χ1v) is 6.84. The van der Waals surface area contributed by atoms with Crippen LogP contribution in [-0.2, 0) is 4.79 Å². The quantitative estimate of drug-likeness (QED) is 0.765. The maximum Gasteiger partial charge on any atom is 0.220 e. The molecule has 3 heteroatoms. The molecule has 0 aromatic heterocycles. The molecule has 1 aliphatic heterocycles. The molecule has 0 spiro atoms. The van der Waals surface area contributed by atoms with Crippen molar-refractivity contribution in [3.05, 3.63) is 0 Å². The Kier molecular flexibility index (Phi) is 4.64. The maximum absolute atomic E-state index is 11.7. The molecule has 1 amide bonds. The largest absolute Gasteiger partial charge is 0.352 e. The molecular weight excluding hydrogens is 200 g/mol. The van der Waals surface area contributed by atoms with Crippen molar-refractivity contribution in [2.24, 2.45) is 5.92 Å². The first-order chi connectivity index (χ1) is 7.84. The van der Waals surface area contributed by atoms with Gasteiger partial charge in [0, 0.05) is 19.0 Å². The summed E-state index contributed by atoms with van der Waals surface area (Å²) in [6, 6.07) is 0.388. The molecular formula is C13H24N2O. The van der Waals surface area contributed by atoms with Crippen molar-refractivity contribution in [2.75, 3.05) is 13.1 Å². The van der Waals surface area contributed by atoms with Gasteiger partial charge in [-0.15, -0.1) is 0 Å². The van der Waals surface area contributed by atoms with Crippen LogP contribution in [0, 0.1) is 5.92 Å². The lowest BCUT2D eigenvalue weighted by molar-refractivity contribution is -0.122. The molecule has 1 unspecified atom stereocenters. The molecule has 0 aromatic carbocycles. The molecule has 16 heavy (non-hydrogen) atoms. The fourth-order valence-corrected chi connectivity index (χ4v) is 2.89. The third kappa shape index (κ3) is 3.78. The number of hydrogen-bond acceptors (Lipinski definition) is 2. The summed E-state index contributed by atoms with van der Waals surface area (Å²) in [7, 11) is 0. The van der Waals surface area contributed by atoms with Gasteiger partial charge in [0.25, 0.3) is 0 Å². The minimum absolute atomic E-state index is 0.263. The van der Waals surface area contributed by atoms with E-state index in [2.05, 4.69) is 10.6 Å². The van der Waals surface area contributed by atoms with Crippen LogP contribution in [-0.4, -0.2) is 25.0 Å². The minimum atomic E-state index is 0.263.